The normalized spacial score (nSPS) is 14.0. The third-order valence-corrected chi connectivity index (χ3v) is 3.23. The van der Waals surface area contributed by atoms with Crippen molar-refractivity contribution < 1.29 is 4.79 Å². The van der Waals surface area contributed by atoms with Crippen LogP contribution in [0, 0.1) is 5.92 Å². The van der Waals surface area contributed by atoms with Gasteiger partial charge in [0.05, 0.1) is 10.5 Å². The third-order valence-electron chi connectivity index (χ3n) is 2.82. The van der Waals surface area contributed by atoms with E-state index < -0.39 is 0 Å². The lowest BCUT2D eigenvalue weighted by molar-refractivity contribution is -0.125. The standard InChI is InChI=1S/C13H20BrN3O/c1-4-5-6-9(2)13(18)17-10(3)12-15-7-11(14)8-16-12/h7-10H,4-6H2,1-3H3,(H,17,18)/t9-,10+/m0/s1. The molecule has 0 aliphatic heterocycles. The van der Waals surface area contributed by atoms with E-state index in [1.54, 1.807) is 12.4 Å². The molecule has 2 atom stereocenters. The Morgan fingerprint density at radius 2 is 2.00 bits per heavy atom. The molecule has 1 aromatic rings. The van der Waals surface area contributed by atoms with E-state index in [2.05, 4.69) is 38.1 Å². The zero-order chi connectivity index (χ0) is 13.5. The van der Waals surface area contributed by atoms with Gasteiger partial charge in [-0.1, -0.05) is 26.7 Å². The molecule has 1 heterocycles. The van der Waals surface area contributed by atoms with Crippen LogP contribution >= 0.6 is 15.9 Å². The van der Waals surface area contributed by atoms with Crippen molar-refractivity contribution in [1.29, 1.82) is 0 Å². The van der Waals surface area contributed by atoms with Gasteiger partial charge in [0.2, 0.25) is 5.91 Å². The van der Waals surface area contributed by atoms with Crippen LogP contribution in [0.3, 0.4) is 0 Å². The quantitative estimate of drug-likeness (QED) is 0.877. The molecule has 1 rings (SSSR count). The number of nitrogens with zero attached hydrogens (tertiary/aromatic N) is 2. The summed E-state index contributed by atoms with van der Waals surface area (Å²) in [5, 5.41) is 2.95. The van der Waals surface area contributed by atoms with Crippen LogP contribution in [0.2, 0.25) is 0 Å². The third kappa shape index (κ3) is 4.72. The smallest absolute Gasteiger partial charge is 0.223 e. The fraction of sp³-hybridized carbons (Fsp3) is 0.615. The van der Waals surface area contributed by atoms with Gasteiger partial charge in [-0.05, 0) is 29.3 Å². The number of nitrogens with one attached hydrogen (secondary N) is 1. The Bertz CT molecular complexity index is 380. The molecule has 0 fully saturated rings. The van der Waals surface area contributed by atoms with Gasteiger partial charge in [0, 0.05) is 18.3 Å². The molecule has 18 heavy (non-hydrogen) atoms. The Labute approximate surface area is 117 Å². The van der Waals surface area contributed by atoms with Gasteiger partial charge in [-0.2, -0.15) is 0 Å². The number of unbranched alkanes of at least 4 members (excludes halogenated alkanes) is 1. The number of hydrogen-bond acceptors (Lipinski definition) is 3. The number of amides is 1. The molecule has 100 valence electrons. The molecule has 1 N–H and O–H groups in total. The lowest BCUT2D eigenvalue weighted by Gasteiger charge is -2.16. The molecule has 0 aromatic carbocycles. The molecule has 5 heteroatoms. The van der Waals surface area contributed by atoms with Crippen LogP contribution < -0.4 is 5.32 Å². The van der Waals surface area contributed by atoms with E-state index in [4.69, 9.17) is 0 Å². The van der Waals surface area contributed by atoms with E-state index in [0.29, 0.717) is 5.82 Å². The van der Waals surface area contributed by atoms with Crippen LogP contribution in [0.4, 0.5) is 0 Å². The Kier molecular flexibility index (Phi) is 6.25. The number of hydrogen-bond donors (Lipinski definition) is 1. The Morgan fingerprint density at radius 1 is 1.39 bits per heavy atom. The molecule has 0 unspecified atom stereocenters. The van der Waals surface area contributed by atoms with E-state index in [9.17, 15) is 4.79 Å². The highest BCUT2D eigenvalue weighted by molar-refractivity contribution is 9.10. The van der Waals surface area contributed by atoms with Crippen LogP contribution in [-0.2, 0) is 4.79 Å². The van der Waals surface area contributed by atoms with Gasteiger partial charge in [-0.25, -0.2) is 9.97 Å². The molecule has 0 aliphatic carbocycles. The molecular formula is C13H20BrN3O. The van der Waals surface area contributed by atoms with Gasteiger partial charge in [-0.15, -0.1) is 0 Å². The monoisotopic (exact) mass is 313 g/mol. The fourth-order valence-corrected chi connectivity index (χ4v) is 1.81. The maximum atomic E-state index is 11.9. The molecule has 0 radical (unpaired) electrons. The minimum atomic E-state index is -0.158. The Morgan fingerprint density at radius 3 is 2.56 bits per heavy atom. The number of rotatable bonds is 6. The summed E-state index contributed by atoms with van der Waals surface area (Å²) in [6.07, 6.45) is 6.49. The topological polar surface area (TPSA) is 54.9 Å². The summed E-state index contributed by atoms with van der Waals surface area (Å²) in [5.41, 5.74) is 0. The molecule has 0 aliphatic rings. The average Bonchev–Trinajstić information content (AvgIpc) is 2.36. The second kappa shape index (κ2) is 7.46. The van der Waals surface area contributed by atoms with Crippen LogP contribution in [0.25, 0.3) is 0 Å². The van der Waals surface area contributed by atoms with Crippen molar-refractivity contribution in [3.63, 3.8) is 0 Å². The van der Waals surface area contributed by atoms with E-state index >= 15 is 0 Å². The van der Waals surface area contributed by atoms with E-state index in [0.717, 1.165) is 23.7 Å². The molecule has 0 spiro atoms. The summed E-state index contributed by atoms with van der Waals surface area (Å²) in [7, 11) is 0. The van der Waals surface area contributed by atoms with Crippen molar-refractivity contribution in [3.05, 3.63) is 22.7 Å². The maximum absolute atomic E-state index is 11.9. The number of halogens is 1. The molecule has 0 bridgehead atoms. The van der Waals surface area contributed by atoms with E-state index in [-0.39, 0.29) is 17.9 Å². The van der Waals surface area contributed by atoms with Crippen LogP contribution in [0.1, 0.15) is 51.9 Å². The highest BCUT2D eigenvalue weighted by Crippen LogP contribution is 2.13. The zero-order valence-electron chi connectivity index (χ0n) is 11.1. The van der Waals surface area contributed by atoms with Crippen LogP contribution in [-0.4, -0.2) is 15.9 Å². The first-order valence-electron chi connectivity index (χ1n) is 6.32. The summed E-state index contributed by atoms with van der Waals surface area (Å²) in [6.45, 7) is 5.98. The van der Waals surface area contributed by atoms with Crippen molar-refractivity contribution in [3.8, 4) is 0 Å². The predicted octanol–water partition coefficient (Wildman–Crippen LogP) is 3.24. The fourth-order valence-electron chi connectivity index (χ4n) is 1.61. The molecule has 0 saturated heterocycles. The van der Waals surface area contributed by atoms with Gasteiger partial charge < -0.3 is 5.32 Å². The second-order valence-electron chi connectivity index (χ2n) is 4.53. The van der Waals surface area contributed by atoms with Gasteiger partial charge in [0.25, 0.3) is 0 Å². The SMILES string of the molecule is CCCC[C@H](C)C(=O)N[C@H](C)c1ncc(Br)cn1. The molecule has 4 nitrogen and oxygen atoms in total. The number of carbonyl (C=O) groups is 1. The number of carbonyl (C=O) groups excluding carboxylic acids is 1. The molecule has 0 saturated carbocycles. The lowest BCUT2D eigenvalue weighted by Crippen LogP contribution is -2.32. The summed E-state index contributed by atoms with van der Waals surface area (Å²) < 4.78 is 0.834. The zero-order valence-corrected chi connectivity index (χ0v) is 12.7. The van der Waals surface area contributed by atoms with Crippen molar-refractivity contribution in [2.24, 2.45) is 5.92 Å². The first kappa shape index (κ1) is 15.1. The van der Waals surface area contributed by atoms with E-state index in [1.807, 2.05) is 13.8 Å². The molecule has 1 aromatic heterocycles. The maximum Gasteiger partial charge on any atom is 0.223 e. The highest BCUT2D eigenvalue weighted by atomic mass is 79.9. The Hall–Kier alpha value is -0.970. The van der Waals surface area contributed by atoms with Crippen molar-refractivity contribution in [2.75, 3.05) is 0 Å². The predicted molar refractivity (Wildman–Crippen MR) is 75.0 cm³/mol. The average molecular weight is 314 g/mol. The summed E-state index contributed by atoms with van der Waals surface area (Å²) >= 11 is 3.28. The number of aromatic nitrogens is 2. The molecular weight excluding hydrogens is 294 g/mol. The summed E-state index contributed by atoms with van der Waals surface area (Å²) in [6, 6.07) is -0.158. The largest absolute Gasteiger partial charge is 0.346 e. The summed E-state index contributed by atoms with van der Waals surface area (Å²) in [5.74, 6) is 0.750. The minimum Gasteiger partial charge on any atom is -0.346 e. The van der Waals surface area contributed by atoms with Gasteiger partial charge in [0.1, 0.15) is 5.82 Å². The first-order valence-corrected chi connectivity index (χ1v) is 7.11. The Balaban J connectivity index is 2.51. The van der Waals surface area contributed by atoms with Gasteiger partial charge in [-0.3, -0.25) is 4.79 Å². The van der Waals surface area contributed by atoms with Crippen molar-refractivity contribution >= 4 is 21.8 Å². The van der Waals surface area contributed by atoms with Crippen LogP contribution in [0.5, 0.6) is 0 Å². The molecule has 1 amide bonds. The van der Waals surface area contributed by atoms with Crippen molar-refractivity contribution in [2.45, 2.75) is 46.1 Å². The minimum absolute atomic E-state index is 0.0443. The highest BCUT2D eigenvalue weighted by Gasteiger charge is 2.16. The van der Waals surface area contributed by atoms with E-state index in [1.165, 1.54) is 0 Å². The van der Waals surface area contributed by atoms with Gasteiger partial charge in [0.15, 0.2) is 0 Å². The lowest BCUT2D eigenvalue weighted by atomic mass is 10.0. The second-order valence-corrected chi connectivity index (χ2v) is 5.45. The first-order chi connectivity index (χ1) is 8.54. The van der Waals surface area contributed by atoms with Crippen LogP contribution in [0.15, 0.2) is 16.9 Å². The summed E-state index contributed by atoms with van der Waals surface area (Å²) in [4.78, 5) is 20.3. The van der Waals surface area contributed by atoms with Crippen molar-refractivity contribution in [1.82, 2.24) is 15.3 Å². The van der Waals surface area contributed by atoms with Gasteiger partial charge >= 0.3 is 0 Å².